The van der Waals surface area contributed by atoms with Crippen molar-refractivity contribution in [3.8, 4) is 0 Å². The van der Waals surface area contributed by atoms with Crippen LogP contribution in [-0.2, 0) is 41.9 Å². The Bertz CT molecular complexity index is 1060. The number of nitrogens with one attached hydrogen (secondary N) is 2. The monoisotopic (exact) mass is 540 g/mol. The molecular formula is C30H40N2O7. The van der Waals surface area contributed by atoms with Crippen molar-refractivity contribution in [3.05, 3.63) is 71.8 Å². The third-order valence-corrected chi connectivity index (χ3v) is 6.24. The number of ether oxygens (including phenoxy) is 2. The van der Waals surface area contributed by atoms with E-state index in [1.54, 1.807) is 95.3 Å². The maximum absolute atomic E-state index is 13.7. The molecule has 0 aromatic heterocycles. The largest absolute Gasteiger partial charge is 0.458 e. The first-order valence-electron chi connectivity index (χ1n) is 13.0. The summed E-state index contributed by atoms with van der Waals surface area (Å²) in [6.07, 6.45) is -0.0617. The lowest BCUT2D eigenvalue weighted by atomic mass is 9.79. The molecule has 0 spiro atoms. The number of hydrogen-bond donors (Lipinski definition) is 3. The number of aliphatic hydroxyl groups is 1. The molecule has 2 amide bonds. The van der Waals surface area contributed by atoms with E-state index in [0.717, 1.165) is 0 Å². The molecule has 0 aliphatic rings. The van der Waals surface area contributed by atoms with Crippen LogP contribution in [0.4, 0.5) is 0 Å². The summed E-state index contributed by atoms with van der Waals surface area (Å²) >= 11 is 0. The van der Waals surface area contributed by atoms with Gasteiger partial charge in [0.2, 0.25) is 11.8 Å². The van der Waals surface area contributed by atoms with Crippen LogP contribution in [0.25, 0.3) is 0 Å². The van der Waals surface area contributed by atoms with E-state index in [4.69, 9.17) is 9.47 Å². The molecule has 9 nitrogen and oxygen atoms in total. The van der Waals surface area contributed by atoms with Crippen molar-refractivity contribution < 1.29 is 33.8 Å². The third-order valence-electron chi connectivity index (χ3n) is 6.24. The molecule has 39 heavy (non-hydrogen) atoms. The molecule has 3 N–H and O–H groups in total. The van der Waals surface area contributed by atoms with Crippen molar-refractivity contribution >= 4 is 23.8 Å². The molecular weight excluding hydrogens is 500 g/mol. The summed E-state index contributed by atoms with van der Waals surface area (Å²) in [4.78, 5) is 53.2. The van der Waals surface area contributed by atoms with E-state index in [0.29, 0.717) is 11.1 Å². The van der Waals surface area contributed by atoms with Crippen molar-refractivity contribution in [1.29, 1.82) is 0 Å². The summed E-state index contributed by atoms with van der Waals surface area (Å²) in [5, 5.41) is 17.0. The van der Waals surface area contributed by atoms with Gasteiger partial charge in [0.05, 0.1) is 5.92 Å². The standard InChI is InChI=1S/C30H40N2O7/c1-20(2)17-23(25(33)32-24(26(34)31-6)29(3,4)5)30(37,27(35)38-18-21-13-9-7-10-14-21)28(36)39-19-22-15-11-8-12-16-22/h7-16,20,23-24,37H,17-19H2,1-6H3,(H,31,34)(H,32,33). The fourth-order valence-electron chi connectivity index (χ4n) is 4.04. The minimum atomic E-state index is -2.97. The van der Waals surface area contributed by atoms with Gasteiger partial charge >= 0.3 is 11.9 Å². The number of hydrogen-bond acceptors (Lipinski definition) is 7. The average molecular weight is 541 g/mol. The fraction of sp³-hybridized carbons (Fsp3) is 0.467. The number of rotatable bonds is 12. The maximum Gasteiger partial charge on any atom is 0.351 e. The quantitative estimate of drug-likeness (QED) is 0.278. The summed E-state index contributed by atoms with van der Waals surface area (Å²) in [7, 11) is 1.44. The third kappa shape index (κ3) is 8.64. The molecule has 2 aromatic carbocycles. The van der Waals surface area contributed by atoms with Crippen LogP contribution in [0.2, 0.25) is 0 Å². The highest BCUT2D eigenvalue weighted by Gasteiger charge is 2.57. The average Bonchev–Trinajstić information content (AvgIpc) is 2.91. The van der Waals surface area contributed by atoms with Crippen LogP contribution < -0.4 is 10.6 Å². The van der Waals surface area contributed by atoms with Crippen LogP contribution in [0.5, 0.6) is 0 Å². The zero-order valence-corrected chi connectivity index (χ0v) is 23.5. The van der Waals surface area contributed by atoms with Crippen molar-refractivity contribution in [3.63, 3.8) is 0 Å². The van der Waals surface area contributed by atoms with E-state index < -0.39 is 46.7 Å². The molecule has 0 aliphatic heterocycles. The van der Waals surface area contributed by atoms with Crippen molar-refractivity contribution in [2.75, 3.05) is 7.05 Å². The van der Waals surface area contributed by atoms with Crippen molar-refractivity contribution in [2.45, 2.75) is 65.9 Å². The van der Waals surface area contributed by atoms with Gasteiger partial charge in [-0.15, -0.1) is 0 Å². The lowest BCUT2D eigenvalue weighted by molar-refractivity contribution is -0.195. The Balaban J connectivity index is 2.46. The molecule has 0 bridgehead atoms. The van der Waals surface area contributed by atoms with Gasteiger partial charge in [-0.05, 0) is 28.9 Å². The predicted molar refractivity (Wildman–Crippen MR) is 146 cm³/mol. The number of carbonyl (C=O) groups is 4. The molecule has 2 atom stereocenters. The molecule has 0 saturated carbocycles. The summed E-state index contributed by atoms with van der Waals surface area (Å²) in [5.74, 6) is -5.73. The number of benzene rings is 2. The number of likely N-dealkylation sites (N-methyl/N-ethyl adjacent to an activating group) is 1. The molecule has 2 rings (SSSR count). The van der Waals surface area contributed by atoms with Gasteiger partial charge in [0.15, 0.2) is 0 Å². The first-order valence-corrected chi connectivity index (χ1v) is 13.0. The van der Waals surface area contributed by atoms with E-state index in [1.165, 1.54) is 7.05 Å². The summed E-state index contributed by atoms with van der Waals surface area (Å²) in [5.41, 5.74) is -2.42. The molecule has 0 aliphatic carbocycles. The molecule has 0 saturated heterocycles. The molecule has 2 unspecified atom stereocenters. The summed E-state index contributed by atoms with van der Waals surface area (Å²) in [6, 6.07) is 16.5. The van der Waals surface area contributed by atoms with E-state index in [9.17, 15) is 24.3 Å². The van der Waals surface area contributed by atoms with E-state index in [-0.39, 0.29) is 25.6 Å². The van der Waals surface area contributed by atoms with Gasteiger partial charge in [0, 0.05) is 7.05 Å². The first kappa shape index (κ1) is 31.5. The predicted octanol–water partition coefficient (Wildman–Crippen LogP) is 3.14. The highest BCUT2D eigenvalue weighted by atomic mass is 16.6. The number of esters is 2. The van der Waals surface area contributed by atoms with Crippen LogP contribution in [0.3, 0.4) is 0 Å². The van der Waals surface area contributed by atoms with Crippen molar-refractivity contribution in [1.82, 2.24) is 10.6 Å². The van der Waals surface area contributed by atoms with Gasteiger partial charge in [0.25, 0.3) is 5.60 Å². The lowest BCUT2D eigenvalue weighted by Gasteiger charge is -2.35. The van der Waals surface area contributed by atoms with Gasteiger partial charge in [0.1, 0.15) is 19.3 Å². The van der Waals surface area contributed by atoms with Crippen LogP contribution in [-0.4, -0.2) is 47.6 Å². The van der Waals surface area contributed by atoms with Crippen LogP contribution in [0.15, 0.2) is 60.7 Å². The zero-order valence-electron chi connectivity index (χ0n) is 23.5. The molecule has 0 heterocycles. The van der Waals surface area contributed by atoms with Crippen LogP contribution >= 0.6 is 0 Å². The Morgan fingerprint density at radius 1 is 0.795 bits per heavy atom. The minimum Gasteiger partial charge on any atom is -0.458 e. The van der Waals surface area contributed by atoms with Crippen LogP contribution in [0, 0.1) is 17.3 Å². The molecule has 0 fully saturated rings. The summed E-state index contributed by atoms with van der Waals surface area (Å²) < 4.78 is 10.7. The second-order valence-corrected chi connectivity index (χ2v) is 11.0. The maximum atomic E-state index is 13.7. The van der Waals surface area contributed by atoms with Gasteiger partial charge in [-0.25, -0.2) is 9.59 Å². The minimum absolute atomic E-state index is 0.0617. The normalized spacial score (nSPS) is 13.2. The highest BCUT2D eigenvalue weighted by molar-refractivity contribution is 6.08. The highest BCUT2D eigenvalue weighted by Crippen LogP contribution is 2.30. The fourth-order valence-corrected chi connectivity index (χ4v) is 4.04. The van der Waals surface area contributed by atoms with E-state index in [2.05, 4.69) is 10.6 Å². The van der Waals surface area contributed by atoms with Crippen LogP contribution in [0.1, 0.15) is 52.2 Å². The molecule has 212 valence electrons. The van der Waals surface area contributed by atoms with E-state index >= 15 is 0 Å². The van der Waals surface area contributed by atoms with Gasteiger partial charge in [-0.2, -0.15) is 0 Å². The smallest absolute Gasteiger partial charge is 0.351 e. The first-order chi connectivity index (χ1) is 18.3. The Hall–Kier alpha value is -3.72. The second-order valence-electron chi connectivity index (χ2n) is 11.0. The lowest BCUT2D eigenvalue weighted by Crippen LogP contribution is -2.62. The van der Waals surface area contributed by atoms with Gasteiger partial charge < -0.3 is 25.2 Å². The molecule has 0 radical (unpaired) electrons. The number of carbonyl (C=O) groups excluding carboxylic acids is 4. The molecule has 2 aromatic rings. The Labute approximate surface area is 230 Å². The van der Waals surface area contributed by atoms with Crippen molar-refractivity contribution in [2.24, 2.45) is 17.3 Å². The van der Waals surface area contributed by atoms with E-state index in [1.807, 2.05) is 0 Å². The topological polar surface area (TPSA) is 131 Å². The van der Waals surface area contributed by atoms with Gasteiger partial charge in [-0.3, -0.25) is 9.59 Å². The SMILES string of the molecule is CNC(=O)C(NC(=O)C(CC(C)C)C(O)(C(=O)OCc1ccccc1)C(=O)OCc1ccccc1)C(C)(C)C. The Kier molecular flexibility index (Phi) is 11.2. The zero-order chi connectivity index (χ0) is 29.2. The number of amides is 2. The van der Waals surface area contributed by atoms with Gasteiger partial charge in [-0.1, -0.05) is 95.3 Å². The Morgan fingerprint density at radius 3 is 1.59 bits per heavy atom. The molecule has 9 heteroatoms. The summed E-state index contributed by atoms with van der Waals surface area (Å²) in [6.45, 7) is 8.40. The Morgan fingerprint density at radius 2 is 1.23 bits per heavy atom. The second kappa shape index (κ2) is 13.9.